The van der Waals surface area contributed by atoms with Crippen molar-refractivity contribution in [2.75, 3.05) is 26.7 Å². The number of hydrogen-bond acceptors (Lipinski definition) is 3. The highest BCUT2D eigenvalue weighted by atomic mass is 127. The van der Waals surface area contributed by atoms with E-state index in [0.29, 0.717) is 0 Å². The minimum atomic E-state index is -4.01. The largest absolute Gasteiger partial charge is 0.427 e. The molecule has 0 rings (SSSR count). The van der Waals surface area contributed by atoms with E-state index in [9.17, 15) is 0 Å². The summed E-state index contributed by atoms with van der Waals surface area (Å²) in [5.74, 6) is 0. The Hall–Kier alpha value is 1.04. The van der Waals surface area contributed by atoms with Crippen molar-refractivity contribution in [1.29, 1.82) is 0 Å². The van der Waals surface area contributed by atoms with Crippen LogP contribution in [0.5, 0.6) is 0 Å². The molecule has 0 aliphatic heterocycles. The first kappa shape index (κ1) is 12.7. The van der Waals surface area contributed by atoms with Gasteiger partial charge in [0.2, 0.25) is 0 Å². The highest BCUT2D eigenvalue weighted by Gasteiger charge is 2.03. The zero-order valence-electron chi connectivity index (χ0n) is 6.05. The van der Waals surface area contributed by atoms with Crippen molar-refractivity contribution < 1.29 is 31.4 Å². The molecule has 58 valence electrons. The molecule has 3 nitrogen and oxygen atoms in total. The van der Waals surface area contributed by atoms with Gasteiger partial charge in [0.05, 0.1) is 0 Å². The Kier molecular flexibility index (Phi) is 8.18. The van der Waals surface area contributed by atoms with Crippen LogP contribution in [0.1, 0.15) is 0 Å². The Bertz CT molecular complexity index is 52.6. The fraction of sp³-hybridized carbons (Fsp3) is 1.00. The second kappa shape index (κ2) is 5.80. The van der Waals surface area contributed by atoms with Crippen molar-refractivity contribution in [3.05, 3.63) is 0 Å². The second-order valence-electron chi connectivity index (χ2n) is 2.87. The van der Waals surface area contributed by atoms with Crippen LogP contribution in [-0.4, -0.2) is 26.7 Å². The minimum absolute atomic E-state index is 0.389. The van der Waals surface area contributed by atoms with Gasteiger partial charge in [0.1, 0.15) is 0 Å². The van der Waals surface area contributed by atoms with Gasteiger partial charge in [-0.1, -0.05) is 0 Å². The summed E-state index contributed by atoms with van der Waals surface area (Å²) in [6.07, 6.45) is 0. The summed E-state index contributed by atoms with van der Waals surface area (Å²) in [4.78, 5) is 0. The molecule has 0 atom stereocenters. The van der Waals surface area contributed by atoms with Gasteiger partial charge in [0.15, 0.2) is 0 Å². The molecule has 9 heavy (non-hydrogen) atoms. The number of rotatable bonds is 0. The minimum Gasteiger partial charge on any atom is -0.427 e. The van der Waals surface area contributed by atoms with E-state index in [4.69, 9.17) is 10.3 Å². The van der Waals surface area contributed by atoms with Crippen LogP contribution >= 0.6 is 7.26 Å². The van der Waals surface area contributed by atoms with E-state index in [-0.39, 0.29) is 7.26 Å². The maximum atomic E-state index is 8.57. The predicted octanol–water partition coefficient (Wildman–Crippen LogP) is -5.04. The quantitative estimate of drug-likeness (QED) is 0.325. The molecule has 0 N–H and O–H groups in total. The summed E-state index contributed by atoms with van der Waals surface area (Å²) in [7, 11) is -0.389. The summed E-state index contributed by atoms with van der Waals surface area (Å²) in [5.41, 5.74) is 0. The Morgan fingerprint density at radius 2 is 0.889 bits per heavy atom. The third-order valence-corrected chi connectivity index (χ3v) is 0. The molecule has 0 aliphatic carbocycles. The fourth-order valence-electron chi connectivity index (χ4n) is 0. The van der Waals surface area contributed by atoms with Crippen LogP contribution < -0.4 is 31.4 Å². The van der Waals surface area contributed by atoms with Gasteiger partial charge in [-0.25, -0.2) is 0 Å². The average Bonchev–Trinajstić information content (AvgIpc) is 1.19. The summed E-state index contributed by atoms with van der Waals surface area (Å²) >= 11 is -4.01. The SMILES string of the molecule is C[P+](C)(C)C.[O-][I+2]([O-])[O-]. The molecule has 0 heterocycles. The zero-order valence-corrected chi connectivity index (χ0v) is 9.10. The van der Waals surface area contributed by atoms with Gasteiger partial charge < -0.3 is 10.3 Å². The molecule has 0 fully saturated rings. The topological polar surface area (TPSA) is 69.2 Å². The van der Waals surface area contributed by atoms with Crippen molar-refractivity contribution >= 4 is 7.26 Å². The first-order chi connectivity index (χ1) is 3.73. The van der Waals surface area contributed by atoms with Crippen LogP contribution in [0, 0.1) is 0 Å². The maximum absolute atomic E-state index is 8.57. The molecule has 0 aromatic rings. The third kappa shape index (κ3) is 414. The lowest BCUT2D eigenvalue weighted by Gasteiger charge is -1.97. The highest BCUT2D eigenvalue weighted by Crippen LogP contribution is 2.40. The van der Waals surface area contributed by atoms with Crippen molar-refractivity contribution in [1.82, 2.24) is 0 Å². The van der Waals surface area contributed by atoms with Crippen LogP contribution in [0.25, 0.3) is 0 Å². The molecular formula is C4H12IO3P. The Morgan fingerprint density at radius 1 is 0.889 bits per heavy atom. The fourth-order valence-corrected chi connectivity index (χ4v) is 0. The molecule has 0 radical (unpaired) electrons. The summed E-state index contributed by atoms with van der Waals surface area (Å²) in [5, 5.41) is 0. The Balaban J connectivity index is 0. The normalized spacial score (nSPS) is 10.7. The van der Waals surface area contributed by atoms with Crippen LogP contribution in [0.15, 0.2) is 0 Å². The van der Waals surface area contributed by atoms with E-state index >= 15 is 0 Å². The standard InChI is InChI=1S/C4H12P.IO3/c1-5(2,3)4;2-1(3)4/h1-4H3;/q+1;-1. The second-order valence-corrected chi connectivity index (χ2v) is 9.32. The smallest absolute Gasteiger partial charge is 0.282 e. The summed E-state index contributed by atoms with van der Waals surface area (Å²) in [6.45, 7) is 9.19. The van der Waals surface area contributed by atoms with Crippen LogP contribution in [0.4, 0.5) is 0 Å². The molecule has 0 saturated heterocycles. The van der Waals surface area contributed by atoms with Gasteiger partial charge >= 0.3 is 0 Å². The van der Waals surface area contributed by atoms with Crippen LogP contribution in [-0.2, 0) is 0 Å². The van der Waals surface area contributed by atoms with Gasteiger partial charge in [0, 0.05) is 33.9 Å². The molecule has 0 aliphatic rings. The van der Waals surface area contributed by atoms with E-state index in [0.717, 1.165) is 0 Å². The Morgan fingerprint density at radius 3 is 0.889 bits per heavy atom. The van der Waals surface area contributed by atoms with Crippen molar-refractivity contribution in [2.45, 2.75) is 0 Å². The van der Waals surface area contributed by atoms with Crippen molar-refractivity contribution in [2.24, 2.45) is 0 Å². The van der Waals surface area contributed by atoms with E-state index < -0.39 is 21.1 Å². The van der Waals surface area contributed by atoms with E-state index in [2.05, 4.69) is 26.7 Å². The molecule has 0 spiro atoms. The Labute approximate surface area is 65.5 Å². The zero-order chi connectivity index (χ0) is 8.08. The van der Waals surface area contributed by atoms with Crippen LogP contribution in [0.3, 0.4) is 0 Å². The molecule has 0 amide bonds. The van der Waals surface area contributed by atoms with E-state index in [1.807, 2.05) is 0 Å². The number of halogens is 1. The average molecular weight is 266 g/mol. The molecule has 0 unspecified atom stereocenters. The van der Waals surface area contributed by atoms with Gasteiger partial charge in [-0.15, -0.1) is 0 Å². The monoisotopic (exact) mass is 266 g/mol. The predicted molar refractivity (Wildman–Crippen MR) is 30.6 cm³/mol. The van der Waals surface area contributed by atoms with Crippen molar-refractivity contribution in [3.8, 4) is 0 Å². The first-order valence-corrected chi connectivity index (χ1v) is 8.47. The molecule has 0 bridgehead atoms. The maximum Gasteiger partial charge on any atom is 0.282 e. The highest BCUT2D eigenvalue weighted by molar-refractivity contribution is 7.72. The van der Waals surface area contributed by atoms with E-state index in [1.54, 1.807) is 0 Å². The van der Waals surface area contributed by atoms with Gasteiger partial charge in [-0.3, -0.25) is 0 Å². The van der Waals surface area contributed by atoms with Crippen LogP contribution in [0.2, 0.25) is 0 Å². The van der Waals surface area contributed by atoms with Gasteiger partial charge in [-0.05, 0) is 0 Å². The van der Waals surface area contributed by atoms with Crippen molar-refractivity contribution in [3.63, 3.8) is 0 Å². The molecule has 0 aromatic heterocycles. The molecule has 5 heteroatoms. The lowest BCUT2D eigenvalue weighted by Crippen LogP contribution is -4.05. The lowest BCUT2D eigenvalue weighted by atomic mass is 11.8. The molecular weight excluding hydrogens is 254 g/mol. The van der Waals surface area contributed by atoms with E-state index in [1.165, 1.54) is 0 Å². The van der Waals surface area contributed by atoms with Gasteiger partial charge in [0.25, 0.3) is 21.1 Å². The summed E-state index contributed by atoms with van der Waals surface area (Å²) < 4.78 is 25.7. The number of hydrogen-bond donors (Lipinski definition) is 0. The third-order valence-electron chi connectivity index (χ3n) is 0. The summed E-state index contributed by atoms with van der Waals surface area (Å²) in [6, 6.07) is 0. The first-order valence-electron chi connectivity index (χ1n) is 2.25. The lowest BCUT2D eigenvalue weighted by molar-refractivity contribution is -1.73. The molecule has 0 aromatic carbocycles. The van der Waals surface area contributed by atoms with Gasteiger partial charge in [-0.2, -0.15) is 0 Å². The molecule has 0 saturated carbocycles.